The fraction of sp³-hybridized carbons (Fsp3) is 0.818. The summed E-state index contributed by atoms with van der Waals surface area (Å²) in [6, 6.07) is 0.268. The topological polar surface area (TPSA) is 74.4 Å². The highest BCUT2D eigenvalue weighted by molar-refractivity contribution is 5.78. The van der Waals surface area contributed by atoms with Gasteiger partial charge in [-0.1, -0.05) is 0 Å². The molecule has 3 rings (SSSR count). The van der Waals surface area contributed by atoms with E-state index in [4.69, 9.17) is 0 Å². The minimum Gasteiger partial charge on any atom is -0.481 e. The van der Waals surface area contributed by atoms with Crippen molar-refractivity contribution in [3.8, 4) is 0 Å². The summed E-state index contributed by atoms with van der Waals surface area (Å²) in [5.74, 6) is -0.152. The quantitative estimate of drug-likeness (QED) is 0.726. The van der Waals surface area contributed by atoms with Gasteiger partial charge in [0.25, 0.3) is 0 Å². The van der Waals surface area contributed by atoms with Crippen LogP contribution >= 0.6 is 0 Å². The molecule has 1 saturated carbocycles. The van der Waals surface area contributed by atoms with Crippen LogP contribution in [0.5, 0.6) is 0 Å². The summed E-state index contributed by atoms with van der Waals surface area (Å²) in [5, 5.41) is 17.8. The number of aliphatic imine (C=N–C) groups is 1. The molecule has 0 radical (unpaired) electrons. The summed E-state index contributed by atoms with van der Waals surface area (Å²) in [4.78, 5) is 15.8. The predicted molar refractivity (Wildman–Crippen MR) is 57.8 cm³/mol. The van der Waals surface area contributed by atoms with E-state index in [9.17, 15) is 9.90 Å². The number of carboxylic acid groups (broad SMARTS) is 1. The number of fused-ring (bicyclic) bond motifs is 2. The van der Waals surface area contributed by atoms with Gasteiger partial charge in [0.15, 0.2) is 0 Å². The third-order valence-corrected chi connectivity index (χ3v) is 4.34. The molecule has 2 aliphatic heterocycles. The highest BCUT2D eigenvalue weighted by atomic mass is 16.4. The standard InChI is InChI=1S/C11H15N3O2/c15-10(16)11-4-7-5-13-14-9(7)3-8(11)1-2-12-6-11/h2,7-9H,1,3-6H2,(H,15,16). The first-order valence-corrected chi connectivity index (χ1v) is 5.81. The molecule has 0 aromatic heterocycles. The Bertz CT molecular complexity index is 379. The van der Waals surface area contributed by atoms with Crippen LogP contribution in [-0.4, -0.2) is 36.4 Å². The minimum atomic E-state index is -0.681. The number of hydrogen-bond donors (Lipinski definition) is 1. The first kappa shape index (κ1) is 9.93. The van der Waals surface area contributed by atoms with Crippen LogP contribution in [0, 0.1) is 17.3 Å². The molecular weight excluding hydrogens is 206 g/mol. The molecule has 86 valence electrons. The number of nitrogens with zero attached hydrogens (tertiary/aromatic N) is 3. The molecule has 16 heavy (non-hydrogen) atoms. The Kier molecular flexibility index (Phi) is 2.09. The molecule has 1 fully saturated rings. The molecule has 0 bridgehead atoms. The first-order chi connectivity index (χ1) is 7.72. The van der Waals surface area contributed by atoms with Crippen molar-refractivity contribution < 1.29 is 9.90 Å². The number of carbonyl (C=O) groups is 1. The van der Waals surface area contributed by atoms with Gasteiger partial charge in [0.2, 0.25) is 0 Å². The Morgan fingerprint density at radius 1 is 1.50 bits per heavy atom. The van der Waals surface area contributed by atoms with Gasteiger partial charge in [-0.25, -0.2) is 0 Å². The average Bonchev–Trinajstić information content (AvgIpc) is 2.72. The van der Waals surface area contributed by atoms with Crippen LogP contribution in [0.4, 0.5) is 0 Å². The molecule has 1 aliphatic carbocycles. The molecule has 5 heteroatoms. The number of azo groups is 1. The van der Waals surface area contributed by atoms with Gasteiger partial charge in [0, 0.05) is 5.92 Å². The van der Waals surface area contributed by atoms with E-state index in [2.05, 4.69) is 15.2 Å². The minimum absolute atomic E-state index is 0.195. The summed E-state index contributed by atoms with van der Waals surface area (Å²) in [7, 11) is 0. The molecule has 5 nitrogen and oxygen atoms in total. The Hall–Kier alpha value is -1.26. The van der Waals surface area contributed by atoms with Gasteiger partial charge in [-0.15, -0.1) is 0 Å². The van der Waals surface area contributed by atoms with Crippen LogP contribution in [0.1, 0.15) is 19.3 Å². The van der Waals surface area contributed by atoms with Gasteiger partial charge in [-0.3, -0.25) is 9.79 Å². The fourth-order valence-corrected chi connectivity index (χ4v) is 3.34. The van der Waals surface area contributed by atoms with E-state index in [0.29, 0.717) is 25.4 Å². The smallest absolute Gasteiger partial charge is 0.311 e. The van der Waals surface area contributed by atoms with E-state index in [1.165, 1.54) is 0 Å². The Morgan fingerprint density at radius 3 is 3.19 bits per heavy atom. The molecule has 4 unspecified atom stereocenters. The normalized spacial score (nSPS) is 45.1. The zero-order valence-corrected chi connectivity index (χ0v) is 9.04. The molecule has 3 aliphatic rings. The second-order valence-electron chi connectivity index (χ2n) is 5.12. The van der Waals surface area contributed by atoms with Crippen molar-refractivity contribution in [3.63, 3.8) is 0 Å². The van der Waals surface area contributed by atoms with Crippen molar-refractivity contribution in [3.05, 3.63) is 0 Å². The first-order valence-electron chi connectivity index (χ1n) is 5.81. The maximum absolute atomic E-state index is 11.6. The maximum Gasteiger partial charge on any atom is 0.311 e. The molecular formula is C11H15N3O2. The van der Waals surface area contributed by atoms with Crippen LogP contribution in [0.2, 0.25) is 0 Å². The molecule has 4 atom stereocenters. The van der Waals surface area contributed by atoms with Crippen LogP contribution in [0.3, 0.4) is 0 Å². The summed E-state index contributed by atoms with van der Waals surface area (Å²) in [5.41, 5.74) is -0.634. The van der Waals surface area contributed by atoms with Crippen LogP contribution in [-0.2, 0) is 4.79 Å². The van der Waals surface area contributed by atoms with Gasteiger partial charge in [0.1, 0.15) is 0 Å². The predicted octanol–water partition coefficient (Wildman–Crippen LogP) is 1.39. The van der Waals surface area contributed by atoms with E-state index in [1.807, 2.05) is 6.21 Å². The van der Waals surface area contributed by atoms with E-state index in [0.717, 1.165) is 12.8 Å². The molecule has 2 heterocycles. The number of carboxylic acids is 1. The summed E-state index contributed by atoms with van der Waals surface area (Å²) < 4.78 is 0. The van der Waals surface area contributed by atoms with E-state index in [-0.39, 0.29) is 12.0 Å². The van der Waals surface area contributed by atoms with Crippen LogP contribution < -0.4 is 0 Å². The largest absolute Gasteiger partial charge is 0.481 e. The number of aliphatic carboxylic acids is 1. The van der Waals surface area contributed by atoms with Gasteiger partial charge in [-0.2, -0.15) is 10.2 Å². The lowest BCUT2D eigenvalue weighted by molar-refractivity contribution is -0.156. The van der Waals surface area contributed by atoms with Gasteiger partial charge in [0.05, 0.1) is 24.5 Å². The van der Waals surface area contributed by atoms with Crippen molar-refractivity contribution in [2.75, 3.05) is 13.1 Å². The lowest BCUT2D eigenvalue weighted by Crippen LogP contribution is -2.51. The van der Waals surface area contributed by atoms with Crippen LogP contribution in [0.25, 0.3) is 0 Å². The highest BCUT2D eigenvalue weighted by Gasteiger charge is 2.54. The number of hydrogen-bond acceptors (Lipinski definition) is 4. The summed E-state index contributed by atoms with van der Waals surface area (Å²) in [6.45, 7) is 1.15. The summed E-state index contributed by atoms with van der Waals surface area (Å²) >= 11 is 0. The highest BCUT2D eigenvalue weighted by Crippen LogP contribution is 2.49. The summed E-state index contributed by atoms with van der Waals surface area (Å²) in [6.07, 6.45) is 4.22. The second-order valence-corrected chi connectivity index (χ2v) is 5.12. The third kappa shape index (κ3) is 1.23. The molecule has 0 spiro atoms. The SMILES string of the molecule is O=C(O)C12CN=CCC1CC1N=NCC1C2. The van der Waals surface area contributed by atoms with Crippen LogP contribution in [0.15, 0.2) is 15.2 Å². The van der Waals surface area contributed by atoms with E-state index >= 15 is 0 Å². The molecule has 0 saturated heterocycles. The van der Waals surface area contributed by atoms with Crippen molar-refractivity contribution in [1.82, 2.24) is 0 Å². The lowest BCUT2D eigenvalue weighted by Gasteiger charge is -2.45. The average molecular weight is 221 g/mol. The Morgan fingerprint density at radius 2 is 2.38 bits per heavy atom. The zero-order valence-electron chi connectivity index (χ0n) is 9.04. The zero-order chi connectivity index (χ0) is 11.2. The van der Waals surface area contributed by atoms with Crippen molar-refractivity contribution >= 4 is 12.2 Å². The molecule has 1 N–H and O–H groups in total. The fourth-order valence-electron chi connectivity index (χ4n) is 3.34. The Labute approximate surface area is 93.7 Å². The third-order valence-electron chi connectivity index (χ3n) is 4.34. The number of rotatable bonds is 1. The van der Waals surface area contributed by atoms with E-state index in [1.54, 1.807) is 0 Å². The Balaban J connectivity index is 1.93. The van der Waals surface area contributed by atoms with Gasteiger partial charge >= 0.3 is 5.97 Å². The van der Waals surface area contributed by atoms with Crippen molar-refractivity contribution in [1.29, 1.82) is 0 Å². The van der Waals surface area contributed by atoms with E-state index < -0.39 is 11.4 Å². The van der Waals surface area contributed by atoms with Gasteiger partial charge in [-0.05, 0) is 31.4 Å². The second kappa shape index (κ2) is 3.37. The monoisotopic (exact) mass is 221 g/mol. The molecule has 0 amide bonds. The maximum atomic E-state index is 11.6. The molecule has 0 aromatic rings. The van der Waals surface area contributed by atoms with Crippen molar-refractivity contribution in [2.45, 2.75) is 25.3 Å². The molecule has 0 aromatic carbocycles. The lowest BCUT2D eigenvalue weighted by atomic mass is 9.60. The van der Waals surface area contributed by atoms with Gasteiger partial charge < -0.3 is 5.11 Å². The van der Waals surface area contributed by atoms with Crippen molar-refractivity contribution in [2.24, 2.45) is 32.5 Å².